The Hall–Kier alpha value is -2.17. The third-order valence-corrected chi connectivity index (χ3v) is 4.91. The van der Waals surface area contributed by atoms with Gasteiger partial charge in [0, 0.05) is 22.5 Å². The molecule has 5 heteroatoms. The first-order valence-corrected chi connectivity index (χ1v) is 9.38. The predicted octanol–water partition coefficient (Wildman–Crippen LogP) is 4.67. The van der Waals surface area contributed by atoms with Crippen LogP contribution in [0.1, 0.15) is 16.1 Å². The molecule has 128 valence electrons. The van der Waals surface area contributed by atoms with Crippen LogP contribution in [-0.2, 0) is 17.6 Å². The van der Waals surface area contributed by atoms with E-state index < -0.39 is 0 Å². The maximum Gasteiger partial charge on any atom is 0.224 e. The Morgan fingerprint density at radius 2 is 1.76 bits per heavy atom. The van der Waals surface area contributed by atoms with E-state index in [2.05, 4.69) is 39.9 Å². The number of thiazole rings is 1. The molecule has 3 nitrogen and oxygen atoms in total. The van der Waals surface area contributed by atoms with Gasteiger partial charge in [0.25, 0.3) is 0 Å². The maximum atomic E-state index is 12.0. The van der Waals surface area contributed by atoms with E-state index in [1.165, 1.54) is 5.56 Å². The van der Waals surface area contributed by atoms with Gasteiger partial charge in [-0.05, 0) is 36.6 Å². The number of benzene rings is 2. The van der Waals surface area contributed by atoms with Gasteiger partial charge in [0.05, 0.1) is 17.1 Å². The molecule has 0 saturated carbocycles. The highest BCUT2D eigenvalue weighted by Gasteiger charge is 2.04. The number of amides is 1. The van der Waals surface area contributed by atoms with Crippen LogP contribution >= 0.6 is 22.9 Å². The van der Waals surface area contributed by atoms with E-state index in [1.54, 1.807) is 23.5 Å². The molecule has 0 bridgehead atoms. The minimum Gasteiger partial charge on any atom is -0.355 e. The minimum atomic E-state index is 0.0249. The average Bonchev–Trinajstić information content (AvgIpc) is 3.04. The molecule has 25 heavy (non-hydrogen) atoms. The van der Waals surface area contributed by atoms with Gasteiger partial charge in [-0.3, -0.25) is 4.79 Å². The molecule has 0 radical (unpaired) electrons. The molecular weight excluding hydrogens is 352 g/mol. The summed E-state index contributed by atoms with van der Waals surface area (Å²) in [7, 11) is 0. The van der Waals surface area contributed by atoms with Crippen molar-refractivity contribution in [3.63, 3.8) is 0 Å². The van der Waals surface area contributed by atoms with Gasteiger partial charge in [-0.1, -0.05) is 48.0 Å². The highest BCUT2D eigenvalue weighted by Crippen LogP contribution is 2.21. The molecule has 1 amide bonds. The fraction of sp³-hybridized carbons (Fsp3) is 0.200. The van der Waals surface area contributed by atoms with E-state index in [9.17, 15) is 4.79 Å². The SMILES string of the molecule is Cc1nc(-c2ccc(CCNC(=O)Cc3ccc(Cl)cc3)cc2)cs1. The van der Waals surface area contributed by atoms with Gasteiger partial charge in [-0.15, -0.1) is 11.3 Å². The van der Waals surface area contributed by atoms with Gasteiger partial charge in [-0.25, -0.2) is 4.98 Å². The molecule has 1 N–H and O–H groups in total. The number of nitrogens with one attached hydrogen (secondary N) is 1. The van der Waals surface area contributed by atoms with Crippen LogP contribution in [0.5, 0.6) is 0 Å². The van der Waals surface area contributed by atoms with E-state index >= 15 is 0 Å². The highest BCUT2D eigenvalue weighted by molar-refractivity contribution is 7.09. The minimum absolute atomic E-state index is 0.0249. The normalized spacial score (nSPS) is 10.6. The lowest BCUT2D eigenvalue weighted by Crippen LogP contribution is -2.27. The summed E-state index contributed by atoms with van der Waals surface area (Å²) in [6.45, 7) is 2.64. The van der Waals surface area contributed by atoms with Crippen molar-refractivity contribution in [2.45, 2.75) is 19.8 Å². The number of nitrogens with zero attached hydrogens (tertiary/aromatic N) is 1. The largest absolute Gasteiger partial charge is 0.355 e. The number of carbonyl (C=O) groups excluding carboxylic acids is 1. The Balaban J connectivity index is 1.47. The summed E-state index contributed by atoms with van der Waals surface area (Å²) in [5.74, 6) is 0.0249. The molecule has 0 aliphatic heterocycles. The summed E-state index contributed by atoms with van der Waals surface area (Å²) >= 11 is 7.50. The second-order valence-corrected chi connectivity index (χ2v) is 7.35. The quantitative estimate of drug-likeness (QED) is 0.684. The van der Waals surface area contributed by atoms with E-state index in [1.807, 2.05) is 19.1 Å². The van der Waals surface area contributed by atoms with Gasteiger partial charge < -0.3 is 5.32 Å². The molecule has 0 saturated heterocycles. The first-order chi connectivity index (χ1) is 12.1. The lowest BCUT2D eigenvalue weighted by atomic mass is 10.1. The fourth-order valence-corrected chi connectivity index (χ4v) is 3.28. The number of hydrogen-bond acceptors (Lipinski definition) is 3. The van der Waals surface area contributed by atoms with E-state index in [4.69, 9.17) is 11.6 Å². The van der Waals surface area contributed by atoms with Gasteiger partial charge >= 0.3 is 0 Å². The molecular formula is C20H19ClN2OS. The molecule has 0 aliphatic carbocycles. The Morgan fingerprint density at radius 3 is 2.40 bits per heavy atom. The number of carbonyl (C=O) groups is 1. The number of hydrogen-bond donors (Lipinski definition) is 1. The smallest absolute Gasteiger partial charge is 0.224 e. The van der Waals surface area contributed by atoms with Crippen molar-refractivity contribution in [2.24, 2.45) is 0 Å². The van der Waals surface area contributed by atoms with Crippen LogP contribution in [0.3, 0.4) is 0 Å². The summed E-state index contributed by atoms with van der Waals surface area (Å²) in [5, 5.41) is 6.78. The van der Waals surface area contributed by atoms with Gasteiger partial charge in [0.15, 0.2) is 0 Å². The molecule has 0 aliphatic rings. The van der Waals surface area contributed by atoms with Gasteiger partial charge in [0.1, 0.15) is 0 Å². The Labute approximate surface area is 156 Å². The highest BCUT2D eigenvalue weighted by atomic mass is 35.5. The van der Waals surface area contributed by atoms with Crippen LogP contribution in [0, 0.1) is 6.92 Å². The summed E-state index contributed by atoms with van der Waals surface area (Å²) in [6, 6.07) is 15.7. The number of halogens is 1. The van der Waals surface area contributed by atoms with E-state index in [0.717, 1.165) is 28.2 Å². The van der Waals surface area contributed by atoms with Crippen LogP contribution in [-0.4, -0.2) is 17.4 Å². The Morgan fingerprint density at radius 1 is 1.08 bits per heavy atom. The first kappa shape index (κ1) is 17.6. The van der Waals surface area contributed by atoms with Crippen molar-refractivity contribution < 1.29 is 4.79 Å². The van der Waals surface area contributed by atoms with E-state index in [0.29, 0.717) is 18.0 Å². The predicted molar refractivity (Wildman–Crippen MR) is 104 cm³/mol. The van der Waals surface area contributed by atoms with Crippen molar-refractivity contribution in [3.8, 4) is 11.3 Å². The molecule has 0 atom stereocenters. The fourth-order valence-electron chi connectivity index (χ4n) is 2.53. The van der Waals surface area contributed by atoms with Crippen LogP contribution in [0.2, 0.25) is 5.02 Å². The Bertz CT molecular complexity index is 841. The van der Waals surface area contributed by atoms with Crippen LogP contribution < -0.4 is 5.32 Å². The third-order valence-electron chi connectivity index (χ3n) is 3.88. The molecule has 2 aromatic carbocycles. The van der Waals surface area contributed by atoms with Gasteiger partial charge in [-0.2, -0.15) is 0 Å². The van der Waals surface area contributed by atoms with Crippen molar-refractivity contribution >= 4 is 28.8 Å². The third kappa shape index (κ3) is 5.15. The van der Waals surface area contributed by atoms with Crippen molar-refractivity contribution in [3.05, 3.63) is 75.1 Å². The lowest BCUT2D eigenvalue weighted by Gasteiger charge is -2.06. The van der Waals surface area contributed by atoms with E-state index in [-0.39, 0.29) is 5.91 Å². The average molecular weight is 371 g/mol. The van der Waals surface area contributed by atoms with Crippen molar-refractivity contribution in [1.82, 2.24) is 10.3 Å². The maximum absolute atomic E-state index is 12.0. The zero-order chi connectivity index (χ0) is 17.6. The van der Waals surface area contributed by atoms with Gasteiger partial charge in [0.2, 0.25) is 5.91 Å². The summed E-state index contributed by atoms with van der Waals surface area (Å²) < 4.78 is 0. The molecule has 0 spiro atoms. The number of aromatic nitrogens is 1. The van der Waals surface area contributed by atoms with Crippen molar-refractivity contribution in [1.29, 1.82) is 0 Å². The van der Waals surface area contributed by atoms with Crippen molar-refractivity contribution in [2.75, 3.05) is 6.54 Å². The summed E-state index contributed by atoms with van der Waals surface area (Å²) in [6.07, 6.45) is 1.18. The topological polar surface area (TPSA) is 42.0 Å². The molecule has 3 aromatic rings. The zero-order valence-electron chi connectivity index (χ0n) is 14.0. The number of aryl methyl sites for hydroxylation is 1. The van der Waals surface area contributed by atoms with Crippen LogP contribution in [0.25, 0.3) is 11.3 Å². The molecule has 1 aromatic heterocycles. The molecule has 0 fully saturated rings. The molecule has 0 unspecified atom stereocenters. The Kier molecular flexibility index (Phi) is 5.84. The second-order valence-electron chi connectivity index (χ2n) is 5.85. The summed E-state index contributed by atoms with van der Waals surface area (Å²) in [5.41, 5.74) is 4.30. The summed E-state index contributed by atoms with van der Waals surface area (Å²) in [4.78, 5) is 16.5. The number of rotatable bonds is 6. The molecule has 3 rings (SSSR count). The monoisotopic (exact) mass is 370 g/mol. The lowest BCUT2D eigenvalue weighted by molar-refractivity contribution is -0.120. The zero-order valence-corrected chi connectivity index (χ0v) is 15.5. The second kappa shape index (κ2) is 8.28. The van der Waals surface area contributed by atoms with Crippen LogP contribution in [0.15, 0.2) is 53.9 Å². The standard InChI is InChI=1S/C20H19ClN2OS/c1-14-23-19(13-25-14)17-6-2-15(3-7-17)10-11-22-20(24)12-16-4-8-18(21)9-5-16/h2-9,13H,10-12H2,1H3,(H,22,24). The molecule has 1 heterocycles. The van der Waals surface area contributed by atoms with Crippen LogP contribution in [0.4, 0.5) is 0 Å². The first-order valence-electron chi connectivity index (χ1n) is 8.13.